The molecule has 5 rings (SSSR count). The third-order valence-corrected chi connectivity index (χ3v) is 5.32. The zero-order valence-corrected chi connectivity index (χ0v) is 16.6. The van der Waals surface area contributed by atoms with E-state index in [2.05, 4.69) is 15.3 Å². The molecule has 8 nitrogen and oxygen atoms in total. The van der Waals surface area contributed by atoms with Crippen molar-refractivity contribution < 1.29 is 9.53 Å². The summed E-state index contributed by atoms with van der Waals surface area (Å²) in [6, 6.07) is 14.3. The van der Waals surface area contributed by atoms with Gasteiger partial charge < -0.3 is 14.6 Å². The number of H-pyrrole nitrogens is 1. The van der Waals surface area contributed by atoms with Crippen LogP contribution in [0.4, 0.5) is 0 Å². The Morgan fingerprint density at radius 3 is 2.61 bits per heavy atom. The number of hydrogen-bond acceptors (Lipinski definition) is 5. The van der Waals surface area contributed by atoms with Crippen LogP contribution in [0.1, 0.15) is 10.4 Å². The molecule has 2 radical (unpaired) electrons. The fourth-order valence-electron chi connectivity index (χ4n) is 3.63. The van der Waals surface area contributed by atoms with Crippen LogP contribution in [0.2, 0.25) is 0 Å². The lowest BCUT2D eigenvalue weighted by molar-refractivity contribution is 0.0303. The summed E-state index contributed by atoms with van der Waals surface area (Å²) in [5, 5.41) is 9.15. The molecule has 31 heavy (non-hydrogen) atoms. The molecule has 1 N–H and O–H groups in total. The number of hydrogen-bond donors (Lipinski definition) is 1. The van der Waals surface area contributed by atoms with Crippen LogP contribution in [0.15, 0.2) is 59.5 Å². The number of nitrogens with zero attached hydrogens (tertiary/aromatic N) is 4. The van der Waals surface area contributed by atoms with Gasteiger partial charge in [0.1, 0.15) is 13.5 Å². The maximum absolute atomic E-state index is 12.6. The first-order valence-electron chi connectivity index (χ1n) is 9.91. The third-order valence-electron chi connectivity index (χ3n) is 5.32. The lowest BCUT2D eigenvalue weighted by Gasteiger charge is -2.26. The van der Waals surface area contributed by atoms with Gasteiger partial charge in [-0.15, -0.1) is 5.10 Å². The largest absolute Gasteiger partial charge is 0.378 e. The summed E-state index contributed by atoms with van der Waals surface area (Å²) in [5.74, 6) is -0.0162. The lowest BCUT2D eigenvalue weighted by Crippen LogP contribution is -2.40. The molecule has 4 aromatic rings. The fraction of sp³-hybridized carbons (Fsp3) is 0.182. The highest BCUT2D eigenvalue weighted by Crippen LogP contribution is 2.19. The average molecular weight is 411 g/mol. The standard InChI is InChI=1S/C22H18BN5O3/c23-16-4-1-15-11-18(21(29)24-19(15)12-16)20-13-28(26-25-20)17-5-2-14(3-6-17)22(30)27-7-9-31-10-8-27/h1-6,11-13H,7-10H2,(H,24,29). The number of morpholine rings is 1. The van der Waals surface area contributed by atoms with E-state index in [-0.39, 0.29) is 11.5 Å². The predicted molar refractivity (Wildman–Crippen MR) is 117 cm³/mol. The van der Waals surface area contributed by atoms with Crippen LogP contribution in [-0.2, 0) is 4.74 Å². The molecule has 0 bridgehead atoms. The number of pyridine rings is 1. The molecule has 0 unspecified atom stereocenters. The van der Waals surface area contributed by atoms with Crippen molar-refractivity contribution >= 4 is 30.1 Å². The Morgan fingerprint density at radius 2 is 1.84 bits per heavy atom. The van der Waals surface area contributed by atoms with Gasteiger partial charge in [-0.25, -0.2) is 4.68 Å². The zero-order valence-electron chi connectivity index (χ0n) is 16.6. The number of carbonyl (C=O) groups excluding carboxylic acids is 1. The first-order valence-corrected chi connectivity index (χ1v) is 9.91. The maximum Gasteiger partial charge on any atom is 0.258 e. The number of fused-ring (bicyclic) bond motifs is 1. The summed E-state index contributed by atoms with van der Waals surface area (Å²) in [6.07, 6.45) is 1.69. The van der Waals surface area contributed by atoms with E-state index in [1.54, 1.807) is 58.2 Å². The Hall–Kier alpha value is -3.72. The molecule has 1 amide bonds. The van der Waals surface area contributed by atoms with E-state index in [1.807, 2.05) is 6.07 Å². The van der Waals surface area contributed by atoms with E-state index in [4.69, 9.17) is 12.6 Å². The highest BCUT2D eigenvalue weighted by atomic mass is 16.5. The normalized spacial score (nSPS) is 14.1. The van der Waals surface area contributed by atoms with Crippen LogP contribution in [0.5, 0.6) is 0 Å². The minimum Gasteiger partial charge on any atom is -0.378 e. The monoisotopic (exact) mass is 411 g/mol. The van der Waals surface area contributed by atoms with Gasteiger partial charge in [0.2, 0.25) is 0 Å². The van der Waals surface area contributed by atoms with Crippen LogP contribution >= 0.6 is 0 Å². The first kappa shape index (κ1) is 19.3. The van der Waals surface area contributed by atoms with Gasteiger partial charge in [-0.05, 0) is 41.8 Å². The lowest BCUT2D eigenvalue weighted by atomic mass is 9.95. The zero-order chi connectivity index (χ0) is 21.4. The van der Waals surface area contributed by atoms with Crippen LogP contribution in [0.3, 0.4) is 0 Å². The molecule has 1 aliphatic heterocycles. The van der Waals surface area contributed by atoms with E-state index in [9.17, 15) is 9.59 Å². The number of nitrogens with one attached hydrogen (secondary N) is 1. The summed E-state index contributed by atoms with van der Waals surface area (Å²) in [5.41, 5.74) is 3.20. The van der Waals surface area contributed by atoms with Crippen molar-refractivity contribution in [1.82, 2.24) is 24.9 Å². The summed E-state index contributed by atoms with van der Waals surface area (Å²) >= 11 is 0. The minimum absolute atomic E-state index is 0.0162. The van der Waals surface area contributed by atoms with Gasteiger partial charge in [0, 0.05) is 24.2 Å². The molecule has 0 atom stereocenters. The molecule has 0 aliphatic carbocycles. The number of rotatable bonds is 3. The average Bonchev–Trinajstić information content (AvgIpc) is 3.29. The van der Waals surface area contributed by atoms with Gasteiger partial charge in [-0.1, -0.05) is 22.8 Å². The van der Waals surface area contributed by atoms with Crippen molar-refractivity contribution in [3.05, 3.63) is 70.6 Å². The van der Waals surface area contributed by atoms with Gasteiger partial charge in [0.25, 0.3) is 11.5 Å². The molecule has 152 valence electrons. The molecule has 1 saturated heterocycles. The smallest absolute Gasteiger partial charge is 0.258 e. The number of aromatic nitrogens is 4. The van der Waals surface area contributed by atoms with Crippen molar-refractivity contribution in [2.24, 2.45) is 0 Å². The second-order valence-electron chi connectivity index (χ2n) is 7.36. The Bertz CT molecular complexity index is 1320. The van der Waals surface area contributed by atoms with Crippen molar-refractivity contribution in [2.75, 3.05) is 26.3 Å². The number of carbonyl (C=O) groups is 1. The van der Waals surface area contributed by atoms with Crippen LogP contribution in [-0.4, -0.2) is 64.9 Å². The molecule has 0 saturated carbocycles. The van der Waals surface area contributed by atoms with Crippen molar-refractivity contribution in [1.29, 1.82) is 0 Å². The molecule has 1 aliphatic rings. The Labute approximate surface area is 178 Å². The highest BCUT2D eigenvalue weighted by molar-refractivity contribution is 6.33. The van der Waals surface area contributed by atoms with Gasteiger partial charge >= 0.3 is 0 Å². The fourth-order valence-corrected chi connectivity index (χ4v) is 3.63. The van der Waals surface area contributed by atoms with E-state index < -0.39 is 0 Å². The van der Waals surface area contributed by atoms with Crippen molar-refractivity contribution in [3.63, 3.8) is 0 Å². The van der Waals surface area contributed by atoms with Gasteiger partial charge in [0.05, 0.1) is 30.7 Å². The first-order chi connectivity index (χ1) is 15.1. The van der Waals surface area contributed by atoms with E-state index in [1.165, 1.54) is 0 Å². The van der Waals surface area contributed by atoms with Crippen LogP contribution < -0.4 is 11.0 Å². The minimum atomic E-state index is -0.267. The quantitative estimate of drug-likeness (QED) is 0.509. The highest BCUT2D eigenvalue weighted by Gasteiger charge is 2.18. The summed E-state index contributed by atoms with van der Waals surface area (Å²) in [4.78, 5) is 29.7. The molecule has 2 aromatic heterocycles. The summed E-state index contributed by atoms with van der Waals surface area (Å²) in [6.45, 7) is 2.32. The molecular formula is C22H18BN5O3. The van der Waals surface area contributed by atoms with Gasteiger partial charge in [0.15, 0.2) is 0 Å². The number of benzene rings is 2. The second kappa shape index (κ2) is 7.84. The molecule has 0 spiro atoms. The molecule has 3 heterocycles. The van der Waals surface area contributed by atoms with E-state index in [0.717, 1.165) is 11.1 Å². The number of aromatic amines is 1. The van der Waals surface area contributed by atoms with E-state index in [0.29, 0.717) is 54.1 Å². The van der Waals surface area contributed by atoms with Crippen LogP contribution in [0.25, 0.3) is 27.8 Å². The SMILES string of the molecule is [B]c1ccc2cc(-c3cn(-c4ccc(C(=O)N5CCOCC5)cc4)nn3)c(=O)[nH]c2c1. The molecular weight excluding hydrogens is 393 g/mol. The molecule has 9 heteroatoms. The predicted octanol–water partition coefficient (Wildman–Crippen LogP) is 1.04. The van der Waals surface area contributed by atoms with Gasteiger partial charge in [-0.2, -0.15) is 0 Å². The maximum atomic E-state index is 12.6. The van der Waals surface area contributed by atoms with Crippen molar-refractivity contribution in [3.8, 4) is 16.9 Å². The number of amides is 1. The third kappa shape index (κ3) is 3.75. The summed E-state index contributed by atoms with van der Waals surface area (Å²) < 4.78 is 6.87. The Kier molecular flexibility index (Phi) is 4.87. The number of ether oxygens (including phenoxy) is 1. The molecule has 2 aromatic carbocycles. The topological polar surface area (TPSA) is 93.1 Å². The summed E-state index contributed by atoms with van der Waals surface area (Å²) in [7, 11) is 5.79. The van der Waals surface area contributed by atoms with Crippen LogP contribution in [0, 0.1) is 0 Å². The second-order valence-corrected chi connectivity index (χ2v) is 7.36. The Balaban J connectivity index is 1.41. The van der Waals surface area contributed by atoms with E-state index >= 15 is 0 Å². The molecule has 1 fully saturated rings. The Morgan fingerprint density at radius 1 is 1.06 bits per heavy atom. The van der Waals surface area contributed by atoms with Gasteiger partial charge in [-0.3, -0.25) is 9.59 Å². The van der Waals surface area contributed by atoms with Crippen molar-refractivity contribution in [2.45, 2.75) is 0 Å².